The van der Waals surface area contributed by atoms with Gasteiger partial charge in [0.2, 0.25) is 10.0 Å². The number of rotatable bonds is 4. The highest BCUT2D eigenvalue weighted by atomic mass is 32.2. The predicted octanol–water partition coefficient (Wildman–Crippen LogP) is 2.74. The molecule has 26 heavy (non-hydrogen) atoms. The highest BCUT2D eigenvalue weighted by Gasteiger charge is 2.41. The van der Waals surface area contributed by atoms with Crippen molar-refractivity contribution in [2.75, 3.05) is 18.4 Å². The molecule has 3 heterocycles. The van der Waals surface area contributed by atoms with E-state index in [2.05, 4.69) is 15.3 Å². The first-order chi connectivity index (χ1) is 12.6. The van der Waals surface area contributed by atoms with Gasteiger partial charge in [0.1, 0.15) is 17.4 Å². The monoisotopic (exact) mass is 372 g/mol. The summed E-state index contributed by atoms with van der Waals surface area (Å²) in [5.41, 5.74) is 2.24. The fourth-order valence-electron chi connectivity index (χ4n) is 3.65. The first-order valence-corrected chi connectivity index (χ1v) is 10.5. The van der Waals surface area contributed by atoms with Gasteiger partial charge in [-0.25, -0.2) is 22.7 Å². The molecule has 7 nitrogen and oxygen atoms in total. The van der Waals surface area contributed by atoms with Gasteiger partial charge in [-0.05, 0) is 37.8 Å². The van der Waals surface area contributed by atoms with Crippen LogP contribution in [0.5, 0.6) is 0 Å². The minimum Gasteiger partial charge on any atom is -0.450 e. The van der Waals surface area contributed by atoms with Gasteiger partial charge in [-0.3, -0.25) is 0 Å². The molecule has 2 aromatic heterocycles. The third-order valence-electron chi connectivity index (χ3n) is 5.26. The second-order valence-electron chi connectivity index (χ2n) is 7.06. The molecule has 8 heteroatoms. The summed E-state index contributed by atoms with van der Waals surface area (Å²) in [6, 6.07) is 7.97. The van der Waals surface area contributed by atoms with E-state index in [4.69, 9.17) is 4.42 Å². The van der Waals surface area contributed by atoms with E-state index in [1.54, 1.807) is 10.6 Å². The van der Waals surface area contributed by atoms with Crippen LogP contribution in [-0.4, -0.2) is 47.1 Å². The smallest absolute Gasteiger partial charge is 0.216 e. The van der Waals surface area contributed by atoms with Crippen LogP contribution >= 0.6 is 0 Å². The van der Waals surface area contributed by atoms with Crippen molar-refractivity contribution < 1.29 is 12.8 Å². The van der Waals surface area contributed by atoms with E-state index in [0.717, 1.165) is 42.2 Å². The molecule has 1 aromatic carbocycles. The zero-order chi connectivity index (χ0) is 17.7. The van der Waals surface area contributed by atoms with Crippen molar-refractivity contribution in [3.05, 3.63) is 30.6 Å². The Morgan fingerprint density at radius 3 is 2.62 bits per heavy atom. The topological polar surface area (TPSA) is 88.3 Å². The van der Waals surface area contributed by atoms with Crippen molar-refractivity contribution >= 4 is 37.9 Å². The lowest BCUT2D eigenvalue weighted by Gasteiger charge is -2.31. The summed E-state index contributed by atoms with van der Waals surface area (Å²) in [5, 5.41) is 4.27. The van der Waals surface area contributed by atoms with Gasteiger partial charge in [0, 0.05) is 24.5 Å². The molecule has 0 atom stereocenters. The van der Waals surface area contributed by atoms with Crippen molar-refractivity contribution in [1.82, 2.24) is 14.3 Å². The number of piperidine rings is 1. The Hall–Kier alpha value is -2.19. The zero-order valence-electron chi connectivity index (χ0n) is 14.3. The Bertz CT molecular complexity index is 1070. The summed E-state index contributed by atoms with van der Waals surface area (Å²) in [5.74, 6) is 0.676. The minimum atomic E-state index is -3.08. The Morgan fingerprint density at radius 2 is 1.85 bits per heavy atom. The Labute approximate surface area is 151 Å². The number of anilines is 1. The average Bonchev–Trinajstić information content (AvgIpc) is 3.45. The maximum atomic E-state index is 12.4. The van der Waals surface area contributed by atoms with Crippen LogP contribution in [0.3, 0.4) is 0 Å². The van der Waals surface area contributed by atoms with Crippen molar-refractivity contribution in [2.45, 2.75) is 37.0 Å². The van der Waals surface area contributed by atoms with Crippen LogP contribution in [-0.2, 0) is 10.0 Å². The van der Waals surface area contributed by atoms with E-state index in [9.17, 15) is 8.42 Å². The highest BCUT2D eigenvalue weighted by Crippen LogP contribution is 2.34. The number of nitrogens with zero attached hydrogens (tertiary/aromatic N) is 3. The second-order valence-corrected chi connectivity index (χ2v) is 9.27. The molecule has 0 spiro atoms. The number of para-hydroxylation sites is 1. The normalized spacial score (nSPS) is 20.0. The Balaban J connectivity index is 1.36. The summed E-state index contributed by atoms with van der Waals surface area (Å²) >= 11 is 0. The SMILES string of the molecule is O=S(=O)(C1CC1)N1CCC(Nc2ncnc3c2oc2ccccc23)CC1. The molecule has 1 N–H and O–H groups in total. The molecule has 3 aromatic rings. The molecule has 2 fully saturated rings. The van der Waals surface area contributed by atoms with Crippen LogP contribution in [0.15, 0.2) is 35.0 Å². The third-order valence-corrected chi connectivity index (χ3v) is 7.66. The van der Waals surface area contributed by atoms with Crippen molar-refractivity contribution in [2.24, 2.45) is 0 Å². The van der Waals surface area contributed by atoms with E-state index in [1.165, 1.54) is 0 Å². The molecule has 0 amide bonds. The molecule has 5 rings (SSSR count). The van der Waals surface area contributed by atoms with E-state index in [-0.39, 0.29) is 11.3 Å². The van der Waals surface area contributed by atoms with Crippen LogP contribution in [0, 0.1) is 0 Å². The number of sulfonamides is 1. The van der Waals surface area contributed by atoms with Crippen molar-refractivity contribution in [1.29, 1.82) is 0 Å². The van der Waals surface area contributed by atoms with Gasteiger partial charge >= 0.3 is 0 Å². The number of furan rings is 1. The summed E-state index contributed by atoms with van der Waals surface area (Å²) < 4.78 is 32.3. The number of hydrogen-bond donors (Lipinski definition) is 1. The van der Waals surface area contributed by atoms with Gasteiger partial charge in [0.25, 0.3) is 0 Å². The maximum Gasteiger partial charge on any atom is 0.216 e. The second kappa shape index (κ2) is 5.92. The molecule has 1 aliphatic carbocycles. The summed E-state index contributed by atoms with van der Waals surface area (Å²) in [7, 11) is -3.08. The quantitative estimate of drug-likeness (QED) is 0.758. The van der Waals surface area contributed by atoms with Crippen LogP contribution in [0.2, 0.25) is 0 Å². The standard InChI is InChI=1S/C18H20N4O3S/c23-26(24,13-5-6-13)22-9-7-12(8-10-22)21-18-17-16(19-11-20-18)14-3-1-2-4-15(14)25-17/h1-4,11-13H,5-10H2,(H,19,20,21). The zero-order valence-corrected chi connectivity index (χ0v) is 15.1. The average molecular weight is 372 g/mol. The lowest BCUT2D eigenvalue weighted by molar-refractivity contribution is 0.329. The van der Waals surface area contributed by atoms with Gasteiger partial charge in [-0.15, -0.1) is 0 Å². The van der Waals surface area contributed by atoms with Crippen LogP contribution in [0.25, 0.3) is 22.1 Å². The van der Waals surface area contributed by atoms with Gasteiger partial charge in [0.15, 0.2) is 11.4 Å². The van der Waals surface area contributed by atoms with Gasteiger partial charge in [0.05, 0.1) is 5.25 Å². The lowest BCUT2D eigenvalue weighted by Crippen LogP contribution is -2.43. The van der Waals surface area contributed by atoms with E-state index in [1.807, 2.05) is 24.3 Å². The number of fused-ring (bicyclic) bond motifs is 3. The van der Waals surface area contributed by atoms with Crippen LogP contribution in [0.4, 0.5) is 5.82 Å². The number of aromatic nitrogens is 2. The Morgan fingerprint density at radius 1 is 1.08 bits per heavy atom. The van der Waals surface area contributed by atoms with E-state index < -0.39 is 10.0 Å². The highest BCUT2D eigenvalue weighted by molar-refractivity contribution is 7.90. The molecule has 0 bridgehead atoms. The molecular weight excluding hydrogens is 352 g/mol. The van der Waals surface area contributed by atoms with Crippen molar-refractivity contribution in [3.8, 4) is 0 Å². The minimum absolute atomic E-state index is 0.135. The van der Waals surface area contributed by atoms with Gasteiger partial charge < -0.3 is 9.73 Å². The van der Waals surface area contributed by atoms with Gasteiger partial charge in [-0.1, -0.05) is 12.1 Å². The molecule has 136 valence electrons. The fourth-order valence-corrected chi connectivity index (χ4v) is 5.52. The number of hydrogen-bond acceptors (Lipinski definition) is 6. The van der Waals surface area contributed by atoms with Crippen molar-refractivity contribution in [3.63, 3.8) is 0 Å². The molecule has 2 aliphatic rings. The predicted molar refractivity (Wildman–Crippen MR) is 99.5 cm³/mol. The first kappa shape index (κ1) is 16.0. The number of nitrogens with one attached hydrogen (secondary N) is 1. The number of benzene rings is 1. The summed E-state index contributed by atoms with van der Waals surface area (Å²) in [6.07, 6.45) is 4.69. The molecule has 1 saturated heterocycles. The first-order valence-electron chi connectivity index (χ1n) is 9.00. The molecule has 0 unspecified atom stereocenters. The molecular formula is C18H20N4O3S. The molecule has 1 saturated carbocycles. The summed E-state index contributed by atoms with van der Waals surface area (Å²) in [6.45, 7) is 1.12. The molecule has 0 radical (unpaired) electrons. The van der Waals surface area contributed by atoms with E-state index in [0.29, 0.717) is 24.5 Å². The van der Waals surface area contributed by atoms with Crippen LogP contribution < -0.4 is 5.32 Å². The van der Waals surface area contributed by atoms with Crippen LogP contribution in [0.1, 0.15) is 25.7 Å². The maximum absolute atomic E-state index is 12.4. The Kier molecular flexibility index (Phi) is 3.65. The lowest BCUT2D eigenvalue weighted by atomic mass is 10.1. The summed E-state index contributed by atoms with van der Waals surface area (Å²) in [4.78, 5) is 8.72. The fraction of sp³-hybridized carbons (Fsp3) is 0.444. The van der Waals surface area contributed by atoms with Gasteiger partial charge in [-0.2, -0.15) is 0 Å². The third kappa shape index (κ3) is 2.64. The van der Waals surface area contributed by atoms with E-state index >= 15 is 0 Å². The molecule has 1 aliphatic heterocycles. The largest absolute Gasteiger partial charge is 0.450 e.